The van der Waals surface area contributed by atoms with Crippen LogP contribution in [0.4, 0.5) is 0 Å². The number of benzene rings is 2. The van der Waals surface area contributed by atoms with Crippen LogP contribution in [0.5, 0.6) is 0 Å². The van der Waals surface area contributed by atoms with Crippen LogP contribution < -0.4 is 16.4 Å². The second-order valence-electron chi connectivity index (χ2n) is 6.08. The van der Waals surface area contributed by atoms with Crippen LogP contribution in [0.3, 0.4) is 0 Å². The summed E-state index contributed by atoms with van der Waals surface area (Å²) < 4.78 is 0. The van der Waals surface area contributed by atoms with Crippen LogP contribution in [0, 0.1) is 0 Å². The number of rotatable bonds is 4. The molecule has 150 valence electrons. The molecule has 0 aliphatic carbocycles. The van der Waals surface area contributed by atoms with E-state index in [1.165, 1.54) is 0 Å². The molecule has 1 aromatic heterocycles. The van der Waals surface area contributed by atoms with Gasteiger partial charge in [0.2, 0.25) is 5.96 Å². The molecule has 1 atom stereocenters. The predicted molar refractivity (Wildman–Crippen MR) is 119 cm³/mol. The van der Waals surface area contributed by atoms with Crippen molar-refractivity contribution < 1.29 is 4.79 Å². The first kappa shape index (κ1) is 22.3. The summed E-state index contributed by atoms with van der Waals surface area (Å²) in [5.74, 6) is 0.156. The SMILES string of the molecule is Cl.Cl.NCC(N=C1NC(=O)/C(=C/c2ccc3nccnc3c2)N1)c1ccccc1. The first-order valence-corrected chi connectivity index (χ1v) is 8.56. The van der Waals surface area contributed by atoms with E-state index < -0.39 is 0 Å². The maximum atomic E-state index is 12.3. The molecule has 0 radical (unpaired) electrons. The van der Waals surface area contributed by atoms with Gasteiger partial charge in [0.05, 0.1) is 17.1 Å². The summed E-state index contributed by atoms with van der Waals surface area (Å²) in [5, 5.41) is 5.77. The van der Waals surface area contributed by atoms with Crippen molar-refractivity contribution in [2.75, 3.05) is 6.54 Å². The van der Waals surface area contributed by atoms with E-state index in [1.807, 2.05) is 48.5 Å². The Labute approximate surface area is 180 Å². The minimum atomic E-state index is -0.239. The molecule has 0 saturated carbocycles. The number of carbonyl (C=O) groups is 1. The number of halogens is 2. The van der Waals surface area contributed by atoms with Crippen molar-refractivity contribution in [2.24, 2.45) is 10.7 Å². The number of aliphatic imine (C=N–C) groups is 1. The molecule has 0 spiro atoms. The number of carbonyl (C=O) groups excluding carboxylic acids is 1. The third kappa shape index (κ3) is 5.08. The van der Waals surface area contributed by atoms with Crippen LogP contribution in [0.25, 0.3) is 17.1 Å². The lowest BCUT2D eigenvalue weighted by atomic mass is 10.1. The molecule has 9 heteroatoms. The molecule has 7 nitrogen and oxygen atoms in total. The molecular formula is C20H20Cl2N6O. The average molecular weight is 431 g/mol. The molecule has 4 N–H and O–H groups in total. The van der Waals surface area contributed by atoms with E-state index in [2.05, 4.69) is 25.6 Å². The van der Waals surface area contributed by atoms with Gasteiger partial charge in [-0.05, 0) is 29.3 Å². The van der Waals surface area contributed by atoms with Crippen LogP contribution in [-0.2, 0) is 4.79 Å². The lowest BCUT2D eigenvalue weighted by molar-refractivity contribution is -0.115. The highest BCUT2D eigenvalue weighted by molar-refractivity contribution is 6.15. The fraction of sp³-hybridized carbons (Fsp3) is 0.100. The number of nitrogens with two attached hydrogens (primary N) is 1. The quantitative estimate of drug-likeness (QED) is 0.551. The minimum Gasteiger partial charge on any atom is -0.328 e. The van der Waals surface area contributed by atoms with Gasteiger partial charge in [0.25, 0.3) is 5.91 Å². The summed E-state index contributed by atoms with van der Waals surface area (Å²) in [5.41, 5.74) is 9.69. The molecule has 4 rings (SSSR count). The van der Waals surface area contributed by atoms with Gasteiger partial charge in [-0.2, -0.15) is 0 Å². The summed E-state index contributed by atoms with van der Waals surface area (Å²) >= 11 is 0. The van der Waals surface area contributed by atoms with Crippen molar-refractivity contribution in [3.05, 3.63) is 77.7 Å². The lowest BCUT2D eigenvalue weighted by Crippen LogP contribution is -2.27. The third-order valence-corrected chi connectivity index (χ3v) is 4.23. The number of fused-ring (bicyclic) bond motifs is 1. The van der Waals surface area contributed by atoms with Crippen molar-refractivity contribution in [3.8, 4) is 0 Å². The molecule has 2 aromatic carbocycles. The average Bonchev–Trinajstić information content (AvgIpc) is 3.05. The van der Waals surface area contributed by atoms with Crippen LogP contribution in [0.2, 0.25) is 0 Å². The van der Waals surface area contributed by atoms with Crippen molar-refractivity contribution in [1.82, 2.24) is 20.6 Å². The summed E-state index contributed by atoms with van der Waals surface area (Å²) in [4.78, 5) is 25.3. The maximum Gasteiger partial charge on any atom is 0.274 e. The number of hydrogen-bond donors (Lipinski definition) is 3. The topological polar surface area (TPSA) is 105 Å². The largest absolute Gasteiger partial charge is 0.328 e. The molecule has 1 aliphatic rings. The normalized spacial score (nSPS) is 16.7. The Kier molecular flexibility index (Phi) is 7.67. The van der Waals surface area contributed by atoms with E-state index in [1.54, 1.807) is 18.5 Å². The molecule has 3 aromatic rings. The standard InChI is InChI=1S/C20H18N6O.2ClH/c21-12-18(14-4-2-1-3-5-14)25-20-24-17(19(27)26-20)11-13-6-7-15-16(10-13)23-9-8-22-15;;/h1-11,18H,12,21H2,(H2,24,25,26,27);2*1H/b17-11-;;. The Morgan fingerprint density at radius 2 is 1.72 bits per heavy atom. The second kappa shape index (κ2) is 9.97. The maximum absolute atomic E-state index is 12.3. The zero-order valence-electron chi connectivity index (χ0n) is 15.3. The molecule has 1 unspecified atom stereocenters. The Morgan fingerprint density at radius 3 is 2.45 bits per heavy atom. The van der Waals surface area contributed by atoms with Crippen LogP contribution in [0.1, 0.15) is 17.2 Å². The van der Waals surface area contributed by atoms with Gasteiger partial charge < -0.3 is 11.1 Å². The molecule has 2 heterocycles. The van der Waals surface area contributed by atoms with E-state index in [9.17, 15) is 4.79 Å². The van der Waals surface area contributed by atoms with Gasteiger partial charge in [0.15, 0.2) is 0 Å². The molecule has 1 aliphatic heterocycles. The van der Waals surface area contributed by atoms with Gasteiger partial charge in [-0.1, -0.05) is 36.4 Å². The predicted octanol–water partition coefficient (Wildman–Crippen LogP) is 2.59. The molecular weight excluding hydrogens is 411 g/mol. The Balaban J connectivity index is 0.00000150. The number of hydrogen-bond acceptors (Lipinski definition) is 5. The summed E-state index contributed by atoms with van der Waals surface area (Å²) in [6.45, 7) is 0.341. The van der Waals surface area contributed by atoms with E-state index in [0.29, 0.717) is 18.2 Å². The second-order valence-corrected chi connectivity index (χ2v) is 6.08. The zero-order valence-corrected chi connectivity index (χ0v) is 16.9. The minimum absolute atomic E-state index is 0. The lowest BCUT2D eigenvalue weighted by Gasteiger charge is -2.11. The number of nitrogens with one attached hydrogen (secondary N) is 2. The van der Waals surface area contributed by atoms with E-state index in [4.69, 9.17) is 5.73 Å². The van der Waals surface area contributed by atoms with Gasteiger partial charge in [-0.3, -0.25) is 20.1 Å². The van der Waals surface area contributed by atoms with Crippen molar-refractivity contribution in [3.63, 3.8) is 0 Å². The van der Waals surface area contributed by atoms with Gasteiger partial charge in [0.1, 0.15) is 5.70 Å². The first-order chi connectivity index (χ1) is 13.2. The van der Waals surface area contributed by atoms with Crippen molar-refractivity contribution in [2.45, 2.75) is 6.04 Å². The van der Waals surface area contributed by atoms with Gasteiger partial charge in [-0.15, -0.1) is 24.8 Å². The van der Waals surface area contributed by atoms with Crippen LogP contribution in [-0.4, -0.2) is 28.4 Å². The first-order valence-electron chi connectivity index (χ1n) is 8.56. The van der Waals surface area contributed by atoms with Crippen LogP contribution >= 0.6 is 24.8 Å². The van der Waals surface area contributed by atoms with Gasteiger partial charge in [0, 0.05) is 18.9 Å². The van der Waals surface area contributed by atoms with E-state index in [-0.39, 0.29) is 36.8 Å². The summed E-state index contributed by atoms with van der Waals surface area (Å²) in [6.07, 6.45) is 5.04. The number of nitrogens with zero attached hydrogens (tertiary/aromatic N) is 3. The fourth-order valence-corrected chi connectivity index (χ4v) is 2.89. The fourth-order valence-electron chi connectivity index (χ4n) is 2.89. The zero-order chi connectivity index (χ0) is 18.6. The highest BCUT2D eigenvalue weighted by Gasteiger charge is 2.23. The smallest absolute Gasteiger partial charge is 0.274 e. The molecule has 0 bridgehead atoms. The highest BCUT2D eigenvalue weighted by Crippen LogP contribution is 2.17. The molecule has 29 heavy (non-hydrogen) atoms. The molecule has 1 fully saturated rings. The monoisotopic (exact) mass is 430 g/mol. The Hall–Kier alpha value is -3.00. The highest BCUT2D eigenvalue weighted by atomic mass is 35.5. The van der Waals surface area contributed by atoms with Gasteiger partial charge >= 0.3 is 0 Å². The van der Waals surface area contributed by atoms with Gasteiger partial charge in [-0.25, -0.2) is 4.99 Å². The summed E-state index contributed by atoms with van der Waals surface area (Å²) in [7, 11) is 0. The summed E-state index contributed by atoms with van der Waals surface area (Å²) in [6, 6.07) is 15.2. The van der Waals surface area contributed by atoms with Crippen molar-refractivity contribution >= 4 is 53.8 Å². The number of aromatic nitrogens is 2. The molecule has 1 amide bonds. The third-order valence-electron chi connectivity index (χ3n) is 4.23. The van der Waals surface area contributed by atoms with E-state index in [0.717, 1.165) is 22.2 Å². The Morgan fingerprint density at radius 1 is 1.00 bits per heavy atom. The number of guanidine groups is 1. The van der Waals surface area contributed by atoms with Crippen molar-refractivity contribution in [1.29, 1.82) is 0 Å². The Bertz CT molecular complexity index is 1060. The molecule has 1 saturated heterocycles. The number of amides is 1. The van der Waals surface area contributed by atoms with E-state index >= 15 is 0 Å². The van der Waals surface area contributed by atoms with Crippen LogP contribution in [0.15, 0.2) is 71.6 Å².